The van der Waals surface area contributed by atoms with Gasteiger partial charge in [-0.25, -0.2) is 0 Å². The van der Waals surface area contributed by atoms with E-state index >= 15 is 0 Å². The molecule has 0 spiro atoms. The second-order valence-corrected chi connectivity index (χ2v) is 5.34. The molecule has 1 heterocycles. The summed E-state index contributed by atoms with van der Waals surface area (Å²) in [5.74, 6) is 2.52. The molecule has 4 unspecified atom stereocenters. The minimum absolute atomic E-state index is 0.528. The van der Waals surface area contributed by atoms with Crippen LogP contribution in [0.5, 0.6) is 0 Å². The number of nitrogens with two attached hydrogens (primary N) is 1. The first kappa shape index (κ1) is 11.4. The van der Waals surface area contributed by atoms with Crippen molar-refractivity contribution in [3.63, 3.8) is 0 Å². The molecular weight excluding hydrogens is 188 g/mol. The maximum atomic E-state index is 5.89. The summed E-state index contributed by atoms with van der Waals surface area (Å²) in [4.78, 5) is 2.47. The van der Waals surface area contributed by atoms with E-state index in [0.29, 0.717) is 12.0 Å². The van der Waals surface area contributed by atoms with Crippen LogP contribution in [0, 0.1) is 17.8 Å². The lowest BCUT2D eigenvalue weighted by Gasteiger charge is -2.31. The molecule has 0 aromatic carbocycles. The van der Waals surface area contributed by atoms with E-state index in [1.807, 2.05) is 0 Å². The molecule has 1 aliphatic carbocycles. The SMILES string of the molecule is CC1CC1CN(C)C(CN)C1CCOC1. The maximum absolute atomic E-state index is 5.89. The Morgan fingerprint density at radius 2 is 2.27 bits per heavy atom. The Morgan fingerprint density at radius 1 is 1.53 bits per heavy atom. The summed E-state index contributed by atoms with van der Waals surface area (Å²) < 4.78 is 5.45. The van der Waals surface area contributed by atoms with Crippen LogP contribution in [-0.2, 0) is 4.74 Å². The highest BCUT2D eigenvalue weighted by atomic mass is 16.5. The molecule has 0 aromatic rings. The number of rotatable bonds is 5. The van der Waals surface area contributed by atoms with Crippen molar-refractivity contribution < 1.29 is 4.74 Å². The molecule has 2 N–H and O–H groups in total. The molecule has 4 atom stereocenters. The molecule has 2 aliphatic rings. The molecular formula is C12H24N2O. The average molecular weight is 212 g/mol. The zero-order valence-electron chi connectivity index (χ0n) is 9.98. The molecule has 15 heavy (non-hydrogen) atoms. The third-order valence-corrected chi connectivity index (χ3v) is 4.12. The maximum Gasteiger partial charge on any atom is 0.0510 e. The Hall–Kier alpha value is -0.120. The molecule has 3 nitrogen and oxygen atoms in total. The van der Waals surface area contributed by atoms with Crippen LogP contribution in [0.2, 0.25) is 0 Å². The third kappa shape index (κ3) is 2.71. The fraction of sp³-hybridized carbons (Fsp3) is 1.00. The van der Waals surface area contributed by atoms with Gasteiger partial charge in [-0.15, -0.1) is 0 Å². The van der Waals surface area contributed by atoms with Crippen molar-refractivity contribution in [2.24, 2.45) is 23.5 Å². The Labute approximate surface area is 93.0 Å². The highest BCUT2D eigenvalue weighted by molar-refractivity contribution is 4.88. The molecule has 2 rings (SSSR count). The topological polar surface area (TPSA) is 38.5 Å². The molecule has 2 fully saturated rings. The van der Waals surface area contributed by atoms with E-state index in [-0.39, 0.29) is 0 Å². The van der Waals surface area contributed by atoms with Gasteiger partial charge in [-0.1, -0.05) is 6.92 Å². The zero-order chi connectivity index (χ0) is 10.8. The first-order valence-electron chi connectivity index (χ1n) is 6.20. The summed E-state index contributed by atoms with van der Waals surface area (Å²) >= 11 is 0. The smallest absolute Gasteiger partial charge is 0.0510 e. The molecule has 0 aromatic heterocycles. The van der Waals surface area contributed by atoms with E-state index in [1.54, 1.807) is 0 Å². The molecule has 0 amide bonds. The largest absolute Gasteiger partial charge is 0.381 e. The second kappa shape index (κ2) is 4.81. The minimum Gasteiger partial charge on any atom is -0.381 e. The van der Waals surface area contributed by atoms with Gasteiger partial charge in [0.25, 0.3) is 0 Å². The van der Waals surface area contributed by atoms with E-state index in [1.165, 1.54) is 19.4 Å². The summed E-state index contributed by atoms with van der Waals surface area (Å²) in [5.41, 5.74) is 5.89. The van der Waals surface area contributed by atoms with E-state index in [0.717, 1.165) is 31.6 Å². The van der Waals surface area contributed by atoms with Crippen molar-refractivity contribution >= 4 is 0 Å². The summed E-state index contributed by atoms with van der Waals surface area (Å²) in [7, 11) is 2.22. The van der Waals surface area contributed by atoms with Crippen LogP contribution in [0.25, 0.3) is 0 Å². The number of nitrogens with zero attached hydrogens (tertiary/aromatic N) is 1. The van der Waals surface area contributed by atoms with Gasteiger partial charge >= 0.3 is 0 Å². The average Bonchev–Trinajstić information content (AvgIpc) is 2.70. The van der Waals surface area contributed by atoms with E-state index in [9.17, 15) is 0 Å². The highest BCUT2D eigenvalue weighted by Gasteiger charge is 2.36. The minimum atomic E-state index is 0.528. The monoisotopic (exact) mass is 212 g/mol. The van der Waals surface area contributed by atoms with Gasteiger partial charge in [-0.05, 0) is 31.7 Å². The number of likely N-dealkylation sites (N-methyl/N-ethyl adjacent to an activating group) is 1. The van der Waals surface area contributed by atoms with Crippen LogP contribution in [0.1, 0.15) is 19.8 Å². The lowest BCUT2D eigenvalue weighted by molar-refractivity contribution is 0.136. The van der Waals surface area contributed by atoms with E-state index < -0.39 is 0 Å². The predicted octanol–water partition coefficient (Wildman–Crippen LogP) is 0.938. The molecule has 0 radical (unpaired) electrons. The normalized spacial score (nSPS) is 37.2. The quantitative estimate of drug-likeness (QED) is 0.737. The van der Waals surface area contributed by atoms with Crippen molar-refractivity contribution in [2.45, 2.75) is 25.8 Å². The highest BCUT2D eigenvalue weighted by Crippen LogP contribution is 2.38. The van der Waals surface area contributed by atoms with Crippen molar-refractivity contribution in [1.82, 2.24) is 4.90 Å². The number of hydrogen-bond acceptors (Lipinski definition) is 3. The lowest BCUT2D eigenvalue weighted by Crippen LogP contribution is -2.44. The van der Waals surface area contributed by atoms with Crippen LogP contribution < -0.4 is 5.73 Å². The van der Waals surface area contributed by atoms with Crippen molar-refractivity contribution in [3.8, 4) is 0 Å². The lowest BCUT2D eigenvalue weighted by atomic mass is 9.97. The summed E-state index contributed by atoms with van der Waals surface area (Å²) in [5, 5.41) is 0. The van der Waals surface area contributed by atoms with Gasteiger partial charge in [0.2, 0.25) is 0 Å². The van der Waals surface area contributed by atoms with Crippen LogP contribution >= 0.6 is 0 Å². The van der Waals surface area contributed by atoms with Gasteiger partial charge in [0.1, 0.15) is 0 Å². The fourth-order valence-electron chi connectivity index (χ4n) is 2.75. The Balaban J connectivity index is 1.81. The third-order valence-electron chi connectivity index (χ3n) is 4.12. The number of ether oxygens (including phenoxy) is 1. The van der Waals surface area contributed by atoms with Crippen LogP contribution in [0.15, 0.2) is 0 Å². The zero-order valence-corrected chi connectivity index (χ0v) is 9.98. The van der Waals surface area contributed by atoms with Gasteiger partial charge in [0, 0.05) is 31.7 Å². The van der Waals surface area contributed by atoms with Gasteiger partial charge < -0.3 is 15.4 Å². The van der Waals surface area contributed by atoms with Crippen molar-refractivity contribution in [1.29, 1.82) is 0 Å². The fourth-order valence-corrected chi connectivity index (χ4v) is 2.75. The second-order valence-electron chi connectivity index (χ2n) is 5.34. The summed E-state index contributed by atoms with van der Waals surface area (Å²) in [6, 6.07) is 0.528. The standard InChI is InChI=1S/C12H24N2O/c1-9-5-11(9)7-14(2)12(6-13)10-3-4-15-8-10/h9-12H,3-8,13H2,1-2H3. The summed E-state index contributed by atoms with van der Waals surface area (Å²) in [6.07, 6.45) is 2.59. The molecule has 3 heteroatoms. The van der Waals surface area contributed by atoms with Gasteiger partial charge in [-0.2, -0.15) is 0 Å². The van der Waals surface area contributed by atoms with Gasteiger partial charge in [0.05, 0.1) is 6.61 Å². The summed E-state index contributed by atoms with van der Waals surface area (Å²) in [6.45, 7) is 6.17. The van der Waals surface area contributed by atoms with Crippen LogP contribution in [-0.4, -0.2) is 44.3 Å². The predicted molar refractivity (Wildman–Crippen MR) is 61.7 cm³/mol. The van der Waals surface area contributed by atoms with E-state index in [2.05, 4.69) is 18.9 Å². The Morgan fingerprint density at radius 3 is 2.73 bits per heavy atom. The Bertz CT molecular complexity index is 204. The van der Waals surface area contributed by atoms with Gasteiger partial charge in [0.15, 0.2) is 0 Å². The molecule has 1 saturated heterocycles. The Kier molecular flexibility index (Phi) is 3.65. The van der Waals surface area contributed by atoms with Crippen LogP contribution in [0.3, 0.4) is 0 Å². The van der Waals surface area contributed by atoms with Crippen molar-refractivity contribution in [2.75, 3.05) is 33.4 Å². The molecule has 1 saturated carbocycles. The first-order chi connectivity index (χ1) is 7.22. The van der Waals surface area contributed by atoms with Gasteiger partial charge in [-0.3, -0.25) is 0 Å². The number of hydrogen-bond donors (Lipinski definition) is 1. The van der Waals surface area contributed by atoms with E-state index in [4.69, 9.17) is 10.5 Å². The molecule has 0 bridgehead atoms. The van der Waals surface area contributed by atoms with Crippen LogP contribution in [0.4, 0.5) is 0 Å². The first-order valence-corrected chi connectivity index (χ1v) is 6.20. The van der Waals surface area contributed by atoms with Crippen molar-refractivity contribution in [3.05, 3.63) is 0 Å². The molecule has 88 valence electrons. The molecule has 1 aliphatic heterocycles.